The van der Waals surface area contributed by atoms with Crippen LogP contribution >= 0.6 is 0 Å². The molecule has 114 valence electrons. The van der Waals surface area contributed by atoms with Gasteiger partial charge in [0, 0.05) is 12.6 Å². The molecule has 0 saturated heterocycles. The van der Waals surface area contributed by atoms with E-state index in [4.69, 9.17) is 4.74 Å². The molecule has 4 heteroatoms. The van der Waals surface area contributed by atoms with E-state index < -0.39 is 0 Å². The second kappa shape index (κ2) is 7.84. The van der Waals surface area contributed by atoms with Gasteiger partial charge in [0.2, 0.25) is 5.91 Å². The van der Waals surface area contributed by atoms with E-state index >= 15 is 0 Å². The molecule has 2 unspecified atom stereocenters. The summed E-state index contributed by atoms with van der Waals surface area (Å²) in [6, 6.07) is 7.55. The van der Waals surface area contributed by atoms with Gasteiger partial charge in [-0.2, -0.15) is 0 Å². The van der Waals surface area contributed by atoms with Crippen molar-refractivity contribution >= 4 is 12.0 Å². The zero-order valence-corrected chi connectivity index (χ0v) is 12.4. The van der Waals surface area contributed by atoms with Gasteiger partial charge in [-0.05, 0) is 49.0 Å². The number of methoxy groups -OCH3 is 1. The van der Waals surface area contributed by atoms with Crippen LogP contribution in [0.1, 0.15) is 31.2 Å². The summed E-state index contributed by atoms with van der Waals surface area (Å²) in [6.07, 6.45) is 6.91. The molecule has 0 bridgehead atoms. The Balaban J connectivity index is 1.79. The van der Waals surface area contributed by atoms with Crippen molar-refractivity contribution in [2.75, 3.05) is 13.7 Å². The third-order valence-electron chi connectivity index (χ3n) is 3.84. The molecule has 1 amide bonds. The Morgan fingerprint density at radius 1 is 1.48 bits per heavy atom. The Kier molecular flexibility index (Phi) is 5.81. The molecule has 1 aliphatic rings. The lowest BCUT2D eigenvalue weighted by Crippen LogP contribution is -2.32. The van der Waals surface area contributed by atoms with Crippen LogP contribution in [0.2, 0.25) is 0 Å². The topological polar surface area (TPSA) is 58.6 Å². The molecule has 0 aliphatic heterocycles. The van der Waals surface area contributed by atoms with E-state index in [2.05, 4.69) is 5.32 Å². The van der Waals surface area contributed by atoms with Crippen LogP contribution in [0.25, 0.3) is 6.08 Å². The molecule has 0 heterocycles. The van der Waals surface area contributed by atoms with Gasteiger partial charge >= 0.3 is 0 Å². The predicted octanol–water partition coefficient (Wildman–Crippen LogP) is 2.38. The van der Waals surface area contributed by atoms with Gasteiger partial charge in [-0.15, -0.1) is 0 Å². The number of hydrogen-bond donors (Lipinski definition) is 2. The van der Waals surface area contributed by atoms with Crippen molar-refractivity contribution in [1.82, 2.24) is 5.32 Å². The molecule has 2 N–H and O–H groups in total. The number of rotatable bonds is 5. The number of aliphatic hydroxyl groups is 1. The number of carbonyl (C=O) groups excluding carboxylic acids is 1. The molecule has 1 aromatic carbocycles. The zero-order chi connectivity index (χ0) is 15.1. The maximum absolute atomic E-state index is 11.8. The third-order valence-corrected chi connectivity index (χ3v) is 3.84. The van der Waals surface area contributed by atoms with Crippen LogP contribution in [0, 0.1) is 5.92 Å². The zero-order valence-electron chi connectivity index (χ0n) is 12.4. The molecule has 0 radical (unpaired) electrons. The highest BCUT2D eigenvalue weighted by atomic mass is 16.5. The first kappa shape index (κ1) is 15.6. The largest absolute Gasteiger partial charge is 0.497 e. The Bertz CT molecular complexity index is 499. The van der Waals surface area contributed by atoms with Crippen molar-refractivity contribution in [1.29, 1.82) is 0 Å². The van der Waals surface area contributed by atoms with Gasteiger partial charge in [-0.25, -0.2) is 0 Å². The summed E-state index contributed by atoms with van der Waals surface area (Å²) in [5, 5.41) is 12.5. The number of nitrogens with one attached hydrogen (secondary N) is 1. The Morgan fingerprint density at radius 3 is 3.10 bits per heavy atom. The van der Waals surface area contributed by atoms with Gasteiger partial charge in [0.1, 0.15) is 5.75 Å². The summed E-state index contributed by atoms with van der Waals surface area (Å²) in [5.41, 5.74) is 0.928. The molecular weight excluding hydrogens is 266 g/mol. The van der Waals surface area contributed by atoms with Gasteiger partial charge in [0.15, 0.2) is 0 Å². The summed E-state index contributed by atoms with van der Waals surface area (Å²) in [7, 11) is 1.62. The number of ether oxygens (including phenoxy) is 1. The van der Waals surface area contributed by atoms with E-state index in [9.17, 15) is 9.90 Å². The molecule has 1 aromatic rings. The molecule has 4 nitrogen and oxygen atoms in total. The molecular formula is C17H23NO3. The number of hydrogen-bond acceptors (Lipinski definition) is 3. The van der Waals surface area contributed by atoms with Gasteiger partial charge < -0.3 is 15.2 Å². The first-order chi connectivity index (χ1) is 10.2. The quantitative estimate of drug-likeness (QED) is 0.818. The SMILES string of the molecule is COc1cccc(C=CC(=O)NCC2CCCC(O)C2)c1. The highest BCUT2D eigenvalue weighted by molar-refractivity contribution is 5.91. The minimum Gasteiger partial charge on any atom is -0.497 e. The van der Waals surface area contributed by atoms with Gasteiger partial charge in [-0.1, -0.05) is 18.6 Å². The van der Waals surface area contributed by atoms with E-state index in [0.717, 1.165) is 37.0 Å². The fourth-order valence-corrected chi connectivity index (χ4v) is 2.67. The van der Waals surface area contributed by atoms with Crippen molar-refractivity contribution in [3.63, 3.8) is 0 Å². The minimum atomic E-state index is -0.201. The summed E-state index contributed by atoms with van der Waals surface area (Å²) < 4.78 is 5.14. The standard InChI is InChI=1S/C17H23NO3/c1-21-16-7-3-4-13(11-16)8-9-17(20)18-12-14-5-2-6-15(19)10-14/h3-4,7-9,11,14-15,19H,2,5-6,10,12H2,1H3,(H,18,20). The van der Waals surface area contributed by atoms with Gasteiger partial charge in [-0.3, -0.25) is 4.79 Å². The fourth-order valence-electron chi connectivity index (χ4n) is 2.67. The van der Waals surface area contributed by atoms with E-state index in [0.29, 0.717) is 12.5 Å². The van der Waals surface area contributed by atoms with E-state index in [1.54, 1.807) is 13.2 Å². The van der Waals surface area contributed by atoms with E-state index in [1.807, 2.05) is 24.3 Å². The molecule has 0 spiro atoms. The number of carbonyl (C=O) groups is 1. The second-order valence-corrected chi connectivity index (χ2v) is 5.54. The van der Waals surface area contributed by atoms with Crippen LogP contribution in [0.5, 0.6) is 5.75 Å². The van der Waals surface area contributed by atoms with Crippen LogP contribution in [0.15, 0.2) is 30.3 Å². The predicted molar refractivity (Wildman–Crippen MR) is 83.0 cm³/mol. The maximum atomic E-state index is 11.8. The van der Waals surface area contributed by atoms with Crippen molar-refractivity contribution in [3.05, 3.63) is 35.9 Å². The summed E-state index contributed by atoms with van der Waals surface area (Å²) in [6.45, 7) is 0.637. The molecule has 0 aromatic heterocycles. The average molecular weight is 289 g/mol. The van der Waals surface area contributed by atoms with Gasteiger partial charge in [0.25, 0.3) is 0 Å². The number of amides is 1. The smallest absolute Gasteiger partial charge is 0.244 e. The summed E-state index contributed by atoms with van der Waals surface area (Å²) >= 11 is 0. The van der Waals surface area contributed by atoms with Crippen molar-refractivity contribution < 1.29 is 14.6 Å². The molecule has 2 rings (SSSR count). The fraction of sp³-hybridized carbons (Fsp3) is 0.471. The Morgan fingerprint density at radius 2 is 2.33 bits per heavy atom. The van der Waals surface area contributed by atoms with Crippen molar-refractivity contribution in [2.45, 2.75) is 31.8 Å². The van der Waals surface area contributed by atoms with Crippen LogP contribution in [-0.2, 0) is 4.79 Å². The lowest BCUT2D eigenvalue weighted by atomic mass is 9.87. The number of aliphatic hydroxyl groups excluding tert-OH is 1. The molecule has 1 fully saturated rings. The second-order valence-electron chi connectivity index (χ2n) is 5.54. The molecule has 21 heavy (non-hydrogen) atoms. The highest BCUT2D eigenvalue weighted by Gasteiger charge is 2.19. The minimum absolute atomic E-state index is 0.0992. The lowest BCUT2D eigenvalue weighted by molar-refractivity contribution is -0.116. The third kappa shape index (κ3) is 5.23. The monoisotopic (exact) mass is 289 g/mol. The van der Waals surface area contributed by atoms with Crippen LogP contribution in [0.3, 0.4) is 0 Å². The average Bonchev–Trinajstić information content (AvgIpc) is 2.51. The summed E-state index contributed by atoms with van der Waals surface area (Å²) in [5.74, 6) is 1.06. The Labute approximate surface area is 125 Å². The van der Waals surface area contributed by atoms with E-state index in [1.165, 1.54) is 6.08 Å². The van der Waals surface area contributed by atoms with Crippen LogP contribution in [0.4, 0.5) is 0 Å². The number of benzene rings is 1. The Hall–Kier alpha value is -1.81. The normalized spacial score (nSPS) is 22.2. The van der Waals surface area contributed by atoms with Crippen LogP contribution in [-0.4, -0.2) is 30.8 Å². The first-order valence-corrected chi connectivity index (χ1v) is 7.45. The van der Waals surface area contributed by atoms with Gasteiger partial charge in [0.05, 0.1) is 13.2 Å². The molecule has 2 atom stereocenters. The first-order valence-electron chi connectivity index (χ1n) is 7.45. The molecule has 1 aliphatic carbocycles. The van der Waals surface area contributed by atoms with Crippen LogP contribution < -0.4 is 10.1 Å². The van der Waals surface area contributed by atoms with E-state index in [-0.39, 0.29) is 12.0 Å². The van der Waals surface area contributed by atoms with Crippen molar-refractivity contribution in [2.24, 2.45) is 5.92 Å². The molecule has 1 saturated carbocycles. The maximum Gasteiger partial charge on any atom is 0.244 e. The lowest BCUT2D eigenvalue weighted by Gasteiger charge is -2.25. The van der Waals surface area contributed by atoms with Crippen molar-refractivity contribution in [3.8, 4) is 5.75 Å². The summed E-state index contributed by atoms with van der Waals surface area (Å²) in [4.78, 5) is 11.8. The highest BCUT2D eigenvalue weighted by Crippen LogP contribution is 2.23.